The van der Waals surface area contributed by atoms with Crippen molar-refractivity contribution in [2.24, 2.45) is 0 Å². The van der Waals surface area contributed by atoms with Gasteiger partial charge in [0.05, 0.1) is 6.61 Å². The van der Waals surface area contributed by atoms with Crippen molar-refractivity contribution in [3.05, 3.63) is 69.8 Å². The van der Waals surface area contributed by atoms with Crippen molar-refractivity contribution in [1.29, 1.82) is 0 Å². The number of rotatable bonds is 3. The molecule has 0 aliphatic rings. The SMILES string of the molecule is Cc1cc(C)c(Cc2ccccc2CO)c(C)c1. The minimum absolute atomic E-state index is 0.111. The predicted molar refractivity (Wildman–Crippen MR) is 75.8 cm³/mol. The maximum atomic E-state index is 9.38. The molecule has 18 heavy (non-hydrogen) atoms. The van der Waals surface area contributed by atoms with E-state index in [1.54, 1.807) is 0 Å². The van der Waals surface area contributed by atoms with Crippen LogP contribution in [-0.2, 0) is 13.0 Å². The van der Waals surface area contributed by atoms with Gasteiger partial charge in [-0.1, -0.05) is 42.0 Å². The topological polar surface area (TPSA) is 20.2 Å². The van der Waals surface area contributed by atoms with Gasteiger partial charge >= 0.3 is 0 Å². The Hall–Kier alpha value is -1.60. The molecule has 2 rings (SSSR count). The third kappa shape index (κ3) is 2.62. The van der Waals surface area contributed by atoms with E-state index in [4.69, 9.17) is 0 Å². The van der Waals surface area contributed by atoms with Crippen LogP contribution in [0.15, 0.2) is 36.4 Å². The van der Waals surface area contributed by atoms with Crippen LogP contribution in [0.5, 0.6) is 0 Å². The van der Waals surface area contributed by atoms with Crippen LogP contribution in [0.4, 0.5) is 0 Å². The van der Waals surface area contributed by atoms with Gasteiger partial charge in [0, 0.05) is 0 Å². The fourth-order valence-corrected chi connectivity index (χ4v) is 2.56. The Morgan fingerprint density at radius 2 is 1.44 bits per heavy atom. The first-order chi connectivity index (χ1) is 8.61. The van der Waals surface area contributed by atoms with E-state index in [1.165, 1.54) is 27.8 Å². The summed E-state index contributed by atoms with van der Waals surface area (Å²) in [4.78, 5) is 0. The average Bonchev–Trinajstić information content (AvgIpc) is 2.34. The summed E-state index contributed by atoms with van der Waals surface area (Å²) < 4.78 is 0. The Morgan fingerprint density at radius 3 is 2.00 bits per heavy atom. The highest BCUT2D eigenvalue weighted by molar-refractivity contribution is 5.42. The third-order valence-corrected chi connectivity index (χ3v) is 3.50. The smallest absolute Gasteiger partial charge is 0.0684 e. The highest BCUT2D eigenvalue weighted by Gasteiger charge is 2.07. The molecule has 1 N–H and O–H groups in total. The second-order valence-corrected chi connectivity index (χ2v) is 4.98. The van der Waals surface area contributed by atoms with Gasteiger partial charge in [0.15, 0.2) is 0 Å². The van der Waals surface area contributed by atoms with E-state index in [1.807, 2.05) is 18.2 Å². The Balaban J connectivity index is 2.40. The van der Waals surface area contributed by atoms with E-state index in [0.29, 0.717) is 0 Å². The standard InChI is InChI=1S/C17H20O/c1-12-8-13(2)17(14(3)9-12)10-15-6-4-5-7-16(15)11-18/h4-9,18H,10-11H2,1-3H3. The van der Waals surface area contributed by atoms with Gasteiger partial charge in [0.1, 0.15) is 0 Å². The Kier molecular flexibility index (Phi) is 3.83. The van der Waals surface area contributed by atoms with E-state index in [0.717, 1.165) is 12.0 Å². The van der Waals surface area contributed by atoms with Crippen molar-refractivity contribution in [2.45, 2.75) is 33.8 Å². The minimum Gasteiger partial charge on any atom is -0.392 e. The van der Waals surface area contributed by atoms with Gasteiger partial charge in [-0.25, -0.2) is 0 Å². The Morgan fingerprint density at radius 1 is 0.889 bits per heavy atom. The molecule has 0 unspecified atom stereocenters. The second-order valence-electron chi connectivity index (χ2n) is 4.98. The molecule has 0 aliphatic carbocycles. The van der Waals surface area contributed by atoms with Crippen LogP contribution in [0.1, 0.15) is 33.4 Å². The summed E-state index contributed by atoms with van der Waals surface area (Å²) in [6.07, 6.45) is 0.898. The van der Waals surface area contributed by atoms with Crippen molar-refractivity contribution in [1.82, 2.24) is 0 Å². The monoisotopic (exact) mass is 240 g/mol. The van der Waals surface area contributed by atoms with E-state index < -0.39 is 0 Å². The summed E-state index contributed by atoms with van der Waals surface area (Å²) in [6.45, 7) is 6.57. The van der Waals surface area contributed by atoms with Crippen molar-refractivity contribution < 1.29 is 5.11 Å². The van der Waals surface area contributed by atoms with Crippen LogP contribution >= 0.6 is 0 Å². The molecule has 0 radical (unpaired) electrons. The lowest BCUT2D eigenvalue weighted by atomic mass is 9.92. The number of aryl methyl sites for hydroxylation is 3. The summed E-state index contributed by atoms with van der Waals surface area (Å²) in [5.41, 5.74) is 7.60. The van der Waals surface area contributed by atoms with E-state index in [2.05, 4.69) is 39.0 Å². The van der Waals surface area contributed by atoms with Crippen LogP contribution in [-0.4, -0.2) is 5.11 Å². The lowest BCUT2D eigenvalue weighted by Crippen LogP contribution is -2.00. The van der Waals surface area contributed by atoms with E-state index in [9.17, 15) is 5.11 Å². The lowest BCUT2D eigenvalue weighted by molar-refractivity contribution is 0.281. The van der Waals surface area contributed by atoms with Crippen molar-refractivity contribution >= 4 is 0 Å². The molecular weight excluding hydrogens is 220 g/mol. The van der Waals surface area contributed by atoms with Crippen LogP contribution in [0.3, 0.4) is 0 Å². The molecule has 0 saturated carbocycles. The predicted octanol–water partition coefficient (Wildman–Crippen LogP) is 3.69. The van der Waals surface area contributed by atoms with Gasteiger partial charge < -0.3 is 5.11 Å². The highest BCUT2D eigenvalue weighted by atomic mass is 16.3. The van der Waals surface area contributed by atoms with E-state index in [-0.39, 0.29) is 6.61 Å². The molecule has 0 aliphatic heterocycles. The van der Waals surface area contributed by atoms with Gasteiger partial charge in [0.25, 0.3) is 0 Å². The largest absolute Gasteiger partial charge is 0.392 e. The fourth-order valence-electron chi connectivity index (χ4n) is 2.56. The maximum absolute atomic E-state index is 9.38. The molecule has 94 valence electrons. The first-order valence-electron chi connectivity index (χ1n) is 6.36. The van der Waals surface area contributed by atoms with E-state index >= 15 is 0 Å². The molecule has 0 bridgehead atoms. The van der Waals surface area contributed by atoms with Crippen LogP contribution in [0.25, 0.3) is 0 Å². The molecule has 0 aromatic heterocycles. The molecule has 0 saturated heterocycles. The van der Waals surface area contributed by atoms with Crippen molar-refractivity contribution in [3.8, 4) is 0 Å². The van der Waals surface area contributed by atoms with Gasteiger partial charge in [-0.3, -0.25) is 0 Å². The molecule has 2 aromatic rings. The normalized spacial score (nSPS) is 10.7. The number of hydrogen-bond acceptors (Lipinski definition) is 1. The number of benzene rings is 2. The molecule has 1 nitrogen and oxygen atoms in total. The molecule has 1 heteroatoms. The summed E-state index contributed by atoms with van der Waals surface area (Å²) in [5.74, 6) is 0. The first-order valence-corrected chi connectivity index (χ1v) is 6.36. The zero-order valence-electron chi connectivity index (χ0n) is 11.3. The highest BCUT2D eigenvalue weighted by Crippen LogP contribution is 2.21. The first kappa shape index (κ1) is 12.8. The summed E-state index contributed by atoms with van der Waals surface area (Å²) in [5, 5.41) is 9.38. The quantitative estimate of drug-likeness (QED) is 0.867. The number of aliphatic hydroxyl groups excluding tert-OH is 1. The van der Waals surface area contributed by atoms with Gasteiger partial charge in [0.2, 0.25) is 0 Å². The summed E-state index contributed by atoms with van der Waals surface area (Å²) in [7, 11) is 0. The number of aliphatic hydroxyl groups is 1. The zero-order valence-corrected chi connectivity index (χ0v) is 11.3. The Labute approximate surface area is 109 Å². The van der Waals surface area contributed by atoms with Gasteiger partial charge in [-0.2, -0.15) is 0 Å². The van der Waals surface area contributed by atoms with Crippen molar-refractivity contribution in [3.63, 3.8) is 0 Å². The van der Waals surface area contributed by atoms with Crippen molar-refractivity contribution in [2.75, 3.05) is 0 Å². The van der Waals surface area contributed by atoms with Crippen LogP contribution in [0, 0.1) is 20.8 Å². The molecule has 0 fully saturated rings. The molecule has 0 heterocycles. The zero-order chi connectivity index (χ0) is 13.1. The molecule has 0 spiro atoms. The summed E-state index contributed by atoms with van der Waals surface area (Å²) in [6, 6.07) is 12.6. The molecule has 2 aromatic carbocycles. The second kappa shape index (κ2) is 5.36. The van der Waals surface area contributed by atoms with Crippen LogP contribution in [0.2, 0.25) is 0 Å². The number of hydrogen-bond donors (Lipinski definition) is 1. The van der Waals surface area contributed by atoms with Gasteiger partial charge in [-0.05, 0) is 55.0 Å². The maximum Gasteiger partial charge on any atom is 0.0684 e. The van der Waals surface area contributed by atoms with Gasteiger partial charge in [-0.15, -0.1) is 0 Å². The molecule has 0 amide bonds. The van der Waals surface area contributed by atoms with Crippen LogP contribution < -0.4 is 0 Å². The average molecular weight is 240 g/mol. The summed E-state index contributed by atoms with van der Waals surface area (Å²) >= 11 is 0. The minimum atomic E-state index is 0.111. The molecule has 0 atom stereocenters. The lowest BCUT2D eigenvalue weighted by Gasteiger charge is -2.13. The molecular formula is C17H20O. The third-order valence-electron chi connectivity index (χ3n) is 3.50. The Bertz CT molecular complexity index is 532. The fraction of sp³-hybridized carbons (Fsp3) is 0.294.